The van der Waals surface area contributed by atoms with Crippen LogP contribution in [0.5, 0.6) is 0 Å². The molecule has 10 heteroatoms. The fourth-order valence-corrected chi connectivity index (χ4v) is 7.74. The molecule has 2 aromatic carbocycles. The third-order valence-corrected chi connectivity index (χ3v) is 8.88. The molecule has 9 nitrogen and oxygen atoms in total. The first-order chi connectivity index (χ1) is 16.5. The highest BCUT2D eigenvalue weighted by Crippen LogP contribution is 2.53. The van der Waals surface area contributed by atoms with Crippen LogP contribution in [0.15, 0.2) is 58.2 Å². The quantitative estimate of drug-likeness (QED) is 0.499. The van der Waals surface area contributed by atoms with Crippen molar-refractivity contribution in [3.8, 4) is 0 Å². The molecule has 0 amide bonds. The molecule has 1 saturated carbocycles. The Morgan fingerprint density at radius 3 is 2.69 bits per heavy atom. The Morgan fingerprint density at radius 2 is 1.89 bits per heavy atom. The van der Waals surface area contributed by atoms with E-state index in [1.165, 1.54) is 24.3 Å². The second-order valence-electron chi connectivity index (χ2n) is 10.8. The summed E-state index contributed by atoms with van der Waals surface area (Å²) in [4.78, 5) is 25.3. The van der Waals surface area contributed by atoms with E-state index in [1.807, 2.05) is 0 Å². The van der Waals surface area contributed by atoms with E-state index in [0.29, 0.717) is 17.4 Å². The number of carbonyl (C=O) groups is 1. The number of hydrogen-bond acceptors (Lipinski definition) is 7. The molecule has 2 atom stereocenters. The lowest BCUT2D eigenvalue weighted by atomic mass is 9.65. The average molecular weight is 497 g/mol. The van der Waals surface area contributed by atoms with Crippen LogP contribution in [0.2, 0.25) is 0 Å². The summed E-state index contributed by atoms with van der Waals surface area (Å²) in [7, 11) is -3.79. The molecule has 2 heterocycles. The van der Waals surface area contributed by atoms with Crippen molar-refractivity contribution in [3.63, 3.8) is 0 Å². The van der Waals surface area contributed by atoms with Crippen molar-refractivity contribution in [2.75, 3.05) is 6.54 Å². The van der Waals surface area contributed by atoms with Crippen molar-refractivity contribution in [2.45, 2.75) is 57.7 Å². The Morgan fingerprint density at radius 1 is 1.11 bits per heavy atom. The summed E-state index contributed by atoms with van der Waals surface area (Å²) in [5.41, 5.74) is 0.126. The van der Waals surface area contributed by atoms with Crippen LogP contribution in [-0.2, 0) is 21.5 Å². The van der Waals surface area contributed by atoms with Gasteiger partial charge in [-0.1, -0.05) is 44.2 Å². The molecule has 3 aromatic rings. The summed E-state index contributed by atoms with van der Waals surface area (Å²) in [6, 6.07) is 12.5. The zero-order valence-corrected chi connectivity index (χ0v) is 20.8. The zero-order chi connectivity index (χ0) is 25.0. The summed E-state index contributed by atoms with van der Waals surface area (Å²) in [5.74, 6) is -0.753. The molecule has 2 bridgehead atoms. The van der Waals surface area contributed by atoms with E-state index in [0.717, 1.165) is 23.9 Å². The number of rotatable bonds is 5. The molecule has 5 rings (SSSR count). The van der Waals surface area contributed by atoms with E-state index in [-0.39, 0.29) is 27.3 Å². The van der Waals surface area contributed by atoms with Gasteiger partial charge in [0.25, 0.3) is 5.56 Å². The Hall–Kier alpha value is -3.11. The molecule has 1 aromatic heterocycles. The molecule has 0 radical (unpaired) electrons. The fraction of sp³-hybridized carbons (Fsp3) is 0.440. The zero-order valence-electron chi connectivity index (χ0n) is 20.0. The number of nitrogens with zero attached hydrogens (tertiary/aromatic N) is 4. The Kier molecular flexibility index (Phi) is 5.56. The minimum atomic E-state index is -3.79. The topological polar surface area (TPSA) is 111 Å². The molecule has 1 aliphatic heterocycles. The molecule has 2 fully saturated rings. The summed E-state index contributed by atoms with van der Waals surface area (Å²) >= 11 is 0. The van der Waals surface area contributed by atoms with Crippen molar-refractivity contribution < 1.29 is 17.9 Å². The van der Waals surface area contributed by atoms with Gasteiger partial charge in [0.15, 0.2) is 6.73 Å². The van der Waals surface area contributed by atoms with Crippen LogP contribution in [0.4, 0.5) is 0 Å². The van der Waals surface area contributed by atoms with Gasteiger partial charge >= 0.3 is 5.97 Å². The number of sulfonamides is 1. The van der Waals surface area contributed by atoms with Crippen LogP contribution >= 0.6 is 0 Å². The highest BCUT2D eigenvalue weighted by Gasteiger charge is 2.53. The largest absolute Gasteiger partial charge is 0.439 e. The number of ether oxygens (including phenoxy) is 1. The van der Waals surface area contributed by atoms with Gasteiger partial charge in [0.1, 0.15) is 5.52 Å². The predicted molar refractivity (Wildman–Crippen MR) is 129 cm³/mol. The maximum absolute atomic E-state index is 13.6. The summed E-state index contributed by atoms with van der Waals surface area (Å²) in [5, 5.41) is 8.13. The summed E-state index contributed by atoms with van der Waals surface area (Å²) in [6.45, 7) is 6.57. The Labute approximate surface area is 203 Å². The highest BCUT2D eigenvalue weighted by atomic mass is 32.2. The standard InChI is InChI=1S/C25H28N4O5S/c1-24(2)12-18-13-25(3,14-24)15-29(18)35(32,33)19-8-6-7-17(11-19)23(31)34-16-28-22(30)20-9-4-5-10-21(20)26-27-28/h4-11,18H,12-16H2,1-3H3. The van der Waals surface area contributed by atoms with Crippen LogP contribution in [0.1, 0.15) is 50.4 Å². The summed E-state index contributed by atoms with van der Waals surface area (Å²) in [6.07, 6.45) is 2.63. The number of carbonyl (C=O) groups excluding carboxylic acids is 1. The second kappa shape index (κ2) is 8.23. The van der Waals surface area contributed by atoms with Crippen molar-refractivity contribution in [3.05, 3.63) is 64.4 Å². The van der Waals surface area contributed by atoms with E-state index >= 15 is 0 Å². The van der Waals surface area contributed by atoms with Gasteiger partial charge in [-0.15, -0.1) is 5.10 Å². The number of fused-ring (bicyclic) bond motifs is 3. The lowest BCUT2D eigenvalue weighted by Crippen LogP contribution is -2.37. The Bertz CT molecular complexity index is 1480. The lowest BCUT2D eigenvalue weighted by molar-refractivity contribution is 0.0335. The van der Waals surface area contributed by atoms with Gasteiger partial charge in [-0.05, 0) is 60.4 Å². The maximum Gasteiger partial charge on any atom is 0.339 e. The van der Waals surface area contributed by atoms with E-state index in [9.17, 15) is 18.0 Å². The molecular weight excluding hydrogens is 468 g/mol. The van der Waals surface area contributed by atoms with E-state index < -0.39 is 28.3 Å². The van der Waals surface area contributed by atoms with Crippen molar-refractivity contribution in [1.29, 1.82) is 0 Å². The molecule has 35 heavy (non-hydrogen) atoms. The van der Waals surface area contributed by atoms with Crippen molar-refractivity contribution in [1.82, 2.24) is 19.3 Å². The van der Waals surface area contributed by atoms with Gasteiger partial charge in [0.2, 0.25) is 10.0 Å². The van der Waals surface area contributed by atoms with Crippen LogP contribution in [0, 0.1) is 10.8 Å². The smallest absolute Gasteiger partial charge is 0.339 e. The first-order valence-corrected chi connectivity index (χ1v) is 13.0. The molecular formula is C25H28N4O5S. The van der Waals surface area contributed by atoms with Gasteiger partial charge < -0.3 is 4.74 Å². The van der Waals surface area contributed by atoms with Gasteiger partial charge in [0.05, 0.1) is 15.8 Å². The molecule has 0 spiro atoms. The highest BCUT2D eigenvalue weighted by molar-refractivity contribution is 7.89. The number of hydrogen-bond donors (Lipinski definition) is 0. The van der Waals surface area contributed by atoms with E-state index in [1.54, 1.807) is 28.6 Å². The Balaban J connectivity index is 1.35. The van der Waals surface area contributed by atoms with Crippen LogP contribution in [-0.4, -0.2) is 46.3 Å². The first-order valence-electron chi connectivity index (χ1n) is 11.6. The minimum absolute atomic E-state index is 0.0514. The fourth-order valence-electron chi connectivity index (χ4n) is 5.92. The van der Waals surface area contributed by atoms with Crippen LogP contribution in [0.3, 0.4) is 0 Å². The van der Waals surface area contributed by atoms with Gasteiger partial charge in [0, 0.05) is 12.6 Å². The van der Waals surface area contributed by atoms with E-state index in [4.69, 9.17) is 4.74 Å². The van der Waals surface area contributed by atoms with Crippen molar-refractivity contribution in [2.24, 2.45) is 10.8 Å². The monoisotopic (exact) mass is 496 g/mol. The number of aromatic nitrogens is 3. The second-order valence-corrected chi connectivity index (χ2v) is 12.7. The first kappa shape index (κ1) is 23.6. The maximum atomic E-state index is 13.6. The molecule has 2 aliphatic rings. The van der Waals surface area contributed by atoms with Gasteiger partial charge in [-0.3, -0.25) is 4.79 Å². The minimum Gasteiger partial charge on any atom is -0.439 e. The molecule has 184 valence electrons. The van der Waals surface area contributed by atoms with Crippen molar-refractivity contribution >= 4 is 26.9 Å². The van der Waals surface area contributed by atoms with E-state index in [2.05, 4.69) is 31.1 Å². The molecule has 2 unspecified atom stereocenters. The third kappa shape index (κ3) is 4.36. The number of esters is 1. The number of benzene rings is 2. The predicted octanol–water partition coefficient (Wildman–Crippen LogP) is 3.20. The van der Waals surface area contributed by atoms with Crippen LogP contribution < -0.4 is 5.56 Å². The van der Waals surface area contributed by atoms with Crippen LogP contribution in [0.25, 0.3) is 10.9 Å². The molecule has 0 N–H and O–H groups in total. The summed E-state index contributed by atoms with van der Waals surface area (Å²) < 4.78 is 34.9. The van der Waals surface area contributed by atoms with Gasteiger partial charge in [-0.2, -0.15) is 8.99 Å². The van der Waals surface area contributed by atoms with Gasteiger partial charge in [-0.25, -0.2) is 13.2 Å². The average Bonchev–Trinajstić information content (AvgIpc) is 3.08. The third-order valence-electron chi connectivity index (χ3n) is 6.99. The molecule has 1 aliphatic carbocycles. The molecule has 1 saturated heterocycles. The lowest BCUT2D eigenvalue weighted by Gasteiger charge is -2.39. The normalized spacial score (nSPS) is 23.9. The SMILES string of the molecule is CC1(C)CC2CC(C)(CN2S(=O)(=O)c2cccc(C(=O)OCn3nnc4ccccc4c3=O)c2)C1.